The van der Waals surface area contributed by atoms with E-state index in [0.717, 1.165) is 24.8 Å². The number of phenols is 1. The molecule has 1 rings (SSSR count). The molecule has 0 heterocycles. The molecule has 1 atom stereocenters. The highest BCUT2D eigenvalue weighted by atomic mass is 16.3. The summed E-state index contributed by atoms with van der Waals surface area (Å²) in [6.45, 7) is 3.44. The molecule has 0 spiro atoms. The van der Waals surface area contributed by atoms with E-state index in [0.29, 0.717) is 25.4 Å². The van der Waals surface area contributed by atoms with Crippen molar-refractivity contribution >= 4 is 5.91 Å². The second-order valence-electron chi connectivity index (χ2n) is 4.99. The van der Waals surface area contributed by atoms with Crippen LogP contribution in [0.2, 0.25) is 0 Å². The van der Waals surface area contributed by atoms with Crippen LogP contribution in [0, 0.1) is 5.92 Å². The number of carbonyl (C=O) groups is 1. The molecule has 0 saturated heterocycles. The Balaban J connectivity index is 2.15. The van der Waals surface area contributed by atoms with Crippen LogP contribution in [-0.4, -0.2) is 24.1 Å². The average Bonchev–Trinajstić information content (AvgIpc) is 2.39. The van der Waals surface area contributed by atoms with E-state index in [-0.39, 0.29) is 11.7 Å². The summed E-state index contributed by atoms with van der Waals surface area (Å²) in [5.41, 5.74) is 6.58. The van der Waals surface area contributed by atoms with Gasteiger partial charge in [0.15, 0.2) is 0 Å². The van der Waals surface area contributed by atoms with Gasteiger partial charge in [-0.05, 0) is 49.4 Å². The zero-order valence-electron chi connectivity index (χ0n) is 11.6. The Bertz CT molecular complexity index is 376. The predicted octanol–water partition coefficient (Wildman–Crippen LogP) is 1.82. The molecule has 0 radical (unpaired) electrons. The number of nitrogens with one attached hydrogen (secondary N) is 1. The maximum absolute atomic E-state index is 11.6. The highest BCUT2D eigenvalue weighted by Crippen LogP contribution is 2.10. The van der Waals surface area contributed by atoms with Gasteiger partial charge in [-0.15, -0.1) is 0 Å². The number of hydrogen-bond donors (Lipinski definition) is 3. The molecule has 0 aliphatic carbocycles. The minimum Gasteiger partial charge on any atom is -0.508 e. The first-order chi connectivity index (χ1) is 9.11. The monoisotopic (exact) mass is 264 g/mol. The van der Waals surface area contributed by atoms with Crippen molar-refractivity contribution in [1.82, 2.24) is 5.32 Å². The van der Waals surface area contributed by atoms with E-state index in [2.05, 4.69) is 12.2 Å². The summed E-state index contributed by atoms with van der Waals surface area (Å²) in [6, 6.07) is 7.05. The Kier molecular flexibility index (Phi) is 6.97. The molecular weight excluding hydrogens is 240 g/mol. The minimum absolute atomic E-state index is 0.0997. The lowest BCUT2D eigenvalue weighted by atomic mass is 10.0. The van der Waals surface area contributed by atoms with E-state index in [1.165, 1.54) is 0 Å². The van der Waals surface area contributed by atoms with Crippen LogP contribution in [0.4, 0.5) is 0 Å². The Hall–Kier alpha value is -1.55. The third-order valence-corrected chi connectivity index (χ3v) is 3.20. The Morgan fingerprint density at radius 1 is 1.32 bits per heavy atom. The highest BCUT2D eigenvalue weighted by molar-refractivity contribution is 5.75. The summed E-state index contributed by atoms with van der Waals surface area (Å²) in [6.07, 6.45) is 3.21. The van der Waals surface area contributed by atoms with Crippen molar-refractivity contribution in [3.8, 4) is 5.75 Å². The topological polar surface area (TPSA) is 75.4 Å². The van der Waals surface area contributed by atoms with Gasteiger partial charge in [-0.3, -0.25) is 4.79 Å². The smallest absolute Gasteiger partial charge is 0.220 e. The van der Waals surface area contributed by atoms with Gasteiger partial charge in [0.25, 0.3) is 0 Å². The number of aromatic hydroxyl groups is 1. The lowest BCUT2D eigenvalue weighted by Crippen LogP contribution is -2.26. The Morgan fingerprint density at radius 3 is 2.63 bits per heavy atom. The second-order valence-corrected chi connectivity index (χ2v) is 4.99. The van der Waals surface area contributed by atoms with Crippen LogP contribution in [0.3, 0.4) is 0 Å². The van der Waals surface area contributed by atoms with Crippen molar-refractivity contribution in [2.75, 3.05) is 13.1 Å². The van der Waals surface area contributed by atoms with E-state index < -0.39 is 0 Å². The number of phenolic OH excluding ortho intramolecular Hbond substituents is 1. The molecule has 1 aromatic carbocycles. The van der Waals surface area contributed by atoms with E-state index in [9.17, 15) is 4.79 Å². The minimum atomic E-state index is 0.0997. The van der Waals surface area contributed by atoms with Crippen molar-refractivity contribution in [3.63, 3.8) is 0 Å². The van der Waals surface area contributed by atoms with Gasteiger partial charge in [0, 0.05) is 13.0 Å². The highest BCUT2D eigenvalue weighted by Gasteiger charge is 2.05. The molecule has 4 heteroatoms. The summed E-state index contributed by atoms with van der Waals surface area (Å²) in [5.74, 6) is 0.872. The van der Waals surface area contributed by atoms with E-state index in [4.69, 9.17) is 10.8 Å². The van der Waals surface area contributed by atoms with Crippen molar-refractivity contribution in [1.29, 1.82) is 0 Å². The summed E-state index contributed by atoms with van der Waals surface area (Å²) in [4.78, 5) is 11.6. The summed E-state index contributed by atoms with van der Waals surface area (Å²) in [7, 11) is 0. The average molecular weight is 264 g/mol. The van der Waals surface area contributed by atoms with Crippen LogP contribution >= 0.6 is 0 Å². The lowest BCUT2D eigenvalue weighted by molar-refractivity contribution is -0.121. The lowest BCUT2D eigenvalue weighted by Gasteiger charge is -2.10. The fraction of sp³-hybridized carbons (Fsp3) is 0.533. The molecular formula is C15H24N2O2. The number of carbonyl (C=O) groups excluding carboxylic acids is 1. The SMILES string of the molecule is CC(CCN)CCC(=O)NCCc1ccc(O)cc1. The van der Waals surface area contributed by atoms with E-state index in [1.54, 1.807) is 12.1 Å². The zero-order chi connectivity index (χ0) is 14.1. The fourth-order valence-electron chi connectivity index (χ4n) is 1.90. The van der Waals surface area contributed by atoms with Crippen LogP contribution in [-0.2, 0) is 11.2 Å². The van der Waals surface area contributed by atoms with Crippen molar-refractivity contribution in [2.45, 2.75) is 32.6 Å². The van der Waals surface area contributed by atoms with E-state index >= 15 is 0 Å². The van der Waals surface area contributed by atoms with Crippen LogP contribution < -0.4 is 11.1 Å². The number of benzene rings is 1. The normalized spacial score (nSPS) is 12.1. The molecule has 0 saturated carbocycles. The molecule has 1 amide bonds. The number of nitrogens with two attached hydrogens (primary N) is 1. The van der Waals surface area contributed by atoms with Crippen LogP contribution in [0.25, 0.3) is 0 Å². The van der Waals surface area contributed by atoms with E-state index in [1.807, 2.05) is 12.1 Å². The van der Waals surface area contributed by atoms with Crippen LogP contribution in [0.1, 0.15) is 31.7 Å². The van der Waals surface area contributed by atoms with Gasteiger partial charge in [0.1, 0.15) is 5.75 Å². The van der Waals surface area contributed by atoms with Gasteiger partial charge in [-0.2, -0.15) is 0 Å². The molecule has 1 aromatic rings. The molecule has 0 fully saturated rings. The number of amides is 1. The maximum Gasteiger partial charge on any atom is 0.220 e. The molecule has 0 bridgehead atoms. The predicted molar refractivity (Wildman–Crippen MR) is 76.9 cm³/mol. The summed E-state index contributed by atoms with van der Waals surface area (Å²) < 4.78 is 0. The van der Waals surface area contributed by atoms with Crippen molar-refractivity contribution in [3.05, 3.63) is 29.8 Å². The summed E-state index contributed by atoms with van der Waals surface area (Å²) in [5, 5.41) is 12.1. The molecule has 1 unspecified atom stereocenters. The van der Waals surface area contributed by atoms with Crippen molar-refractivity contribution in [2.24, 2.45) is 11.7 Å². The molecule has 0 aromatic heterocycles. The summed E-state index contributed by atoms with van der Waals surface area (Å²) >= 11 is 0. The molecule has 4 nitrogen and oxygen atoms in total. The van der Waals surface area contributed by atoms with Gasteiger partial charge in [-0.25, -0.2) is 0 Å². The molecule has 0 aliphatic rings. The first kappa shape index (κ1) is 15.5. The standard InChI is InChI=1S/C15H24N2O2/c1-12(8-10-16)2-7-15(19)17-11-9-13-3-5-14(18)6-4-13/h3-6,12,18H,2,7-11,16H2,1H3,(H,17,19). The largest absolute Gasteiger partial charge is 0.508 e. The molecule has 19 heavy (non-hydrogen) atoms. The van der Waals surface area contributed by atoms with Crippen LogP contribution in [0.5, 0.6) is 5.75 Å². The van der Waals surface area contributed by atoms with Gasteiger partial charge >= 0.3 is 0 Å². The van der Waals surface area contributed by atoms with Gasteiger partial charge in [0.05, 0.1) is 0 Å². The first-order valence-corrected chi connectivity index (χ1v) is 6.86. The maximum atomic E-state index is 11.6. The zero-order valence-corrected chi connectivity index (χ0v) is 11.6. The third-order valence-electron chi connectivity index (χ3n) is 3.20. The molecule has 4 N–H and O–H groups in total. The van der Waals surface area contributed by atoms with Crippen LogP contribution in [0.15, 0.2) is 24.3 Å². The first-order valence-electron chi connectivity index (χ1n) is 6.86. The van der Waals surface area contributed by atoms with Gasteiger partial charge in [0.2, 0.25) is 5.91 Å². The fourth-order valence-corrected chi connectivity index (χ4v) is 1.90. The Labute approximate surface area is 115 Å². The van der Waals surface area contributed by atoms with Crippen molar-refractivity contribution < 1.29 is 9.90 Å². The second kappa shape index (κ2) is 8.53. The van der Waals surface area contributed by atoms with Gasteiger partial charge < -0.3 is 16.2 Å². The van der Waals surface area contributed by atoms with Gasteiger partial charge in [-0.1, -0.05) is 19.1 Å². The molecule has 0 aliphatic heterocycles. The number of rotatable bonds is 8. The molecule has 106 valence electrons. The number of hydrogen-bond acceptors (Lipinski definition) is 3. The third kappa shape index (κ3) is 6.82. The quantitative estimate of drug-likeness (QED) is 0.670. The Morgan fingerprint density at radius 2 is 2.00 bits per heavy atom.